The van der Waals surface area contributed by atoms with Crippen molar-refractivity contribution in [1.29, 1.82) is 0 Å². The molecular weight excluding hydrogens is 306 g/mol. The molecular formula is C20H24F2N2. The van der Waals surface area contributed by atoms with Gasteiger partial charge in [-0.3, -0.25) is 4.90 Å². The first kappa shape index (κ1) is 17.1. The average Bonchev–Trinajstić information content (AvgIpc) is 2.53. The van der Waals surface area contributed by atoms with Gasteiger partial charge in [-0.2, -0.15) is 0 Å². The molecule has 0 bridgehead atoms. The minimum Gasteiger partial charge on any atom is -0.327 e. The summed E-state index contributed by atoms with van der Waals surface area (Å²) >= 11 is 0. The summed E-state index contributed by atoms with van der Waals surface area (Å²) in [7, 11) is 0. The number of hydrogen-bond acceptors (Lipinski definition) is 2. The molecule has 0 spiro atoms. The van der Waals surface area contributed by atoms with Crippen LogP contribution in [0.4, 0.5) is 8.78 Å². The number of hydrogen-bond donors (Lipinski definition) is 1. The van der Waals surface area contributed by atoms with Crippen molar-refractivity contribution in [1.82, 2.24) is 4.90 Å². The Balaban J connectivity index is 1.64. The van der Waals surface area contributed by atoms with Gasteiger partial charge in [-0.05, 0) is 48.9 Å². The van der Waals surface area contributed by atoms with Crippen molar-refractivity contribution in [2.24, 2.45) is 11.7 Å². The number of nitrogens with two attached hydrogens (primary N) is 1. The summed E-state index contributed by atoms with van der Waals surface area (Å²) in [4.78, 5) is 2.25. The highest BCUT2D eigenvalue weighted by Crippen LogP contribution is 2.22. The largest absolute Gasteiger partial charge is 0.327 e. The smallest absolute Gasteiger partial charge is 0.159 e. The molecule has 0 amide bonds. The monoisotopic (exact) mass is 330 g/mol. The fourth-order valence-electron chi connectivity index (χ4n) is 3.58. The lowest BCUT2D eigenvalue weighted by atomic mass is 9.88. The van der Waals surface area contributed by atoms with E-state index < -0.39 is 11.6 Å². The van der Waals surface area contributed by atoms with Gasteiger partial charge in [0, 0.05) is 25.7 Å². The lowest BCUT2D eigenvalue weighted by Crippen LogP contribution is -2.47. The van der Waals surface area contributed by atoms with Crippen LogP contribution in [0, 0.1) is 24.5 Å². The van der Waals surface area contributed by atoms with Gasteiger partial charge in [-0.15, -0.1) is 0 Å². The zero-order valence-corrected chi connectivity index (χ0v) is 14.0. The molecule has 2 nitrogen and oxygen atoms in total. The Labute approximate surface area is 142 Å². The van der Waals surface area contributed by atoms with E-state index in [1.165, 1.54) is 23.3 Å². The molecule has 0 saturated carbocycles. The molecule has 2 atom stereocenters. The Kier molecular flexibility index (Phi) is 5.27. The molecule has 3 rings (SSSR count). The highest BCUT2D eigenvalue weighted by Gasteiger charge is 2.25. The Bertz CT molecular complexity index is 685. The molecule has 1 fully saturated rings. The molecule has 1 aliphatic heterocycles. The average molecular weight is 330 g/mol. The third-order valence-corrected chi connectivity index (χ3v) is 4.68. The number of aryl methyl sites for hydroxylation is 1. The lowest BCUT2D eigenvalue weighted by molar-refractivity contribution is 0.149. The van der Waals surface area contributed by atoms with Gasteiger partial charge >= 0.3 is 0 Å². The molecule has 1 aliphatic rings. The summed E-state index contributed by atoms with van der Waals surface area (Å²) in [6, 6.07) is 12.9. The second kappa shape index (κ2) is 7.41. The van der Waals surface area contributed by atoms with Gasteiger partial charge in [0.15, 0.2) is 11.6 Å². The van der Waals surface area contributed by atoms with Gasteiger partial charge in [0.1, 0.15) is 0 Å². The second-order valence-electron chi connectivity index (χ2n) is 6.99. The summed E-state index contributed by atoms with van der Waals surface area (Å²) in [6.45, 7) is 4.42. The summed E-state index contributed by atoms with van der Waals surface area (Å²) in [5, 5.41) is 0. The number of rotatable bonds is 4. The lowest BCUT2D eigenvalue weighted by Gasteiger charge is -2.36. The van der Waals surface area contributed by atoms with E-state index >= 15 is 0 Å². The van der Waals surface area contributed by atoms with Crippen LogP contribution >= 0.6 is 0 Å². The Morgan fingerprint density at radius 2 is 1.71 bits per heavy atom. The predicted octanol–water partition coefficient (Wildman–Crippen LogP) is 3.67. The van der Waals surface area contributed by atoms with Gasteiger partial charge in [0.05, 0.1) is 0 Å². The molecule has 4 heteroatoms. The van der Waals surface area contributed by atoms with Gasteiger partial charge in [-0.25, -0.2) is 8.78 Å². The first-order chi connectivity index (χ1) is 11.5. The molecule has 0 aromatic heterocycles. The standard InChI is InChI=1S/C20H24F2N2/c1-14-2-4-15(5-3-14)8-17-9-18(23)13-24(12-17)11-16-6-7-19(21)20(22)10-16/h2-7,10,17-18H,8-9,11-13,23H2,1H3. The number of piperidine rings is 1. The van der Waals surface area contributed by atoms with Crippen molar-refractivity contribution >= 4 is 0 Å². The quantitative estimate of drug-likeness (QED) is 0.927. The highest BCUT2D eigenvalue weighted by atomic mass is 19.2. The minimum atomic E-state index is -0.800. The van der Waals surface area contributed by atoms with Crippen LogP contribution in [0.15, 0.2) is 42.5 Å². The van der Waals surface area contributed by atoms with Gasteiger partial charge in [0.2, 0.25) is 0 Å². The predicted molar refractivity (Wildman–Crippen MR) is 92.6 cm³/mol. The van der Waals surface area contributed by atoms with Gasteiger partial charge in [0.25, 0.3) is 0 Å². The Morgan fingerprint density at radius 1 is 1.00 bits per heavy atom. The molecule has 2 unspecified atom stereocenters. The number of nitrogens with zero attached hydrogens (tertiary/aromatic N) is 1. The summed E-state index contributed by atoms with van der Waals surface area (Å²) in [5.74, 6) is -1.10. The zero-order chi connectivity index (χ0) is 17.1. The molecule has 1 saturated heterocycles. The number of likely N-dealkylation sites (tertiary alicyclic amines) is 1. The molecule has 2 N–H and O–H groups in total. The van der Waals surface area contributed by atoms with E-state index in [-0.39, 0.29) is 6.04 Å². The molecule has 2 aromatic rings. The second-order valence-corrected chi connectivity index (χ2v) is 6.99. The Hall–Kier alpha value is -1.78. The van der Waals surface area contributed by atoms with Crippen molar-refractivity contribution in [3.8, 4) is 0 Å². The number of halogens is 2. The van der Waals surface area contributed by atoms with Crippen LogP contribution in [0.3, 0.4) is 0 Å². The van der Waals surface area contributed by atoms with Crippen LogP contribution in [0.1, 0.15) is 23.1 Å². The van der Waals surface area contributed by atoms with Gasteiger partial charge < -0.3 is 5.73 Å². The SMILES string of the molecule is Cc1ccc(CC2CC(N)CN(Cc3ccc(F)c(F)c3)C2)cc1. The third-order valence-electron chi connectivity index (χ3n) is 4.68. The Morgan fingerprint density at radius 3 is 2.42 bits per heavy atom. The third kappa shape index (κ3) is 4.40. The van der Waals surface area contributed by atoms with Crippen molar-refractivity contribution in [3.63, 3.8) is 0 Å². The molecule has 24 heavy (non-hydrogen) atoms. The molecule has 2 aromatic carbocycles. The van der Waals surface area contributed by atoms with Crippen LogP contribution < -0.4 is 5.73 Å². The fourth-order valence-corrected chi connectivity index (χ4v) is 3.58. The van der Waals surface area contributed by atoms with Crippen molar-refractivity contribution < 1.29 is 8.78 Å². The zero-order valence-electron chi connectivity index (χ0n) is 14.0. The first-order valence-corrected chi connectivity index (χ1v) is 8.47. The van der Waals surface area contributed by atoms with Crippen molar-refractivity contribution in [3.05, 3.63) is 70.8 Å². The number of benzene rings is 2. The maximum Gasteiger partial charge on any atom is 0.159 e. The van der Waals surface area contributed by atoms with Crippen LogP contribution in [-0.4, -0.2) is 24.0 Å². The van der Waals surface area contributed by atoms with Crippen molar-refractivity contribution in [2.45, 2.75) is 32.4 Å². The van der Waals surface area contributed by atoms with E-state index in [9.17, 15) is 8.78 Å². The van der Waals surface area contributed by atoms with Gasteiger partial charge in [-0.1, -0.05) is 35.9 Å². The molecule has 128 valence electrons. The fraction of sp³-hybridized carbons (Fsp3) is 0.400. The normalized spacial score (nSPS) is 21.8. The van der Waals surface area contributed by atoms with E-state index in [2.05, 4.69) is 36.1 Å². The van der Waals surface area contributed by atoms with E-state index in [0.29, 0.717) is 12.5 Å². The molecule has 0 aliphatic carbocycles. The molecule has 0 radical (unpaired) electrons. The maximum atomic E-state index is 13.4. The van der Waals surface area contributed by atoms with E-state index in [1.54, 1.807) is 6.07 Å². The summed E-state index contributed by atoms with van der Waals surface area (Å²) in [6.07, 6.45) is 2.00. The minimum absolute atomic E-state index is 0.125. The molecule has 1 heterocycles. The highest BCUT2D eigenvalue weighted by molar-refractivity contribution is 5.22. The van der Waals surface area contributed by atoms with Crippen LogP contribution in [-0.2, 0) is 13.0 Å². The summed E-state index contributed by atoms with van der Waals surface area (Å²) < 4.78 is 26.5. The summed E-state index contributed by atoms with van der Waals surface area (Å²) in [5.41, 5.74) is 9.60. The topological polar surface area (TPSA) is 29.3 Å². The van der Waals surface area contributed by atoms with Crippen molar-refractivity contribution in [2.75, 3.05) is 13.1 Å². The van der Waals surface area contributed by atoms with E-state index in [0.717, 1.165) is 31.5 Å². The maximum absolute atomic E-state index is 13.4. The van der Waals surface area contributed by atoms with E-state index in [4.69, 9.17) is 5.73 Å². The van der Waals surface area contributed by atoms with E-state index in [1.807, 2.05) is 0 Å². The van der Waals surface area contributed by atoms with Crippen LogP contribution in [0.5, 0.6) is 0 Å². The first-order valence-electron chi connectivity index (χ1n) is 8.47. The van der Waals surface area contributed by atoms with Crippen LogP contribution in [0.25, 0.3) is 0 Å². The van der Waals surface area contributed by atoms with Crippen LogP contribution in [0.2, 0.25) is 0 Å².